The number of rotatable bonds is 3. The molecular formula is C15H14FNO4S. The quantitative estimate of drug-likeness (QED) is 0.871. The molecule has 0 amide bonds. The van der Waals surface area contributed by atoms with Gasteiger partial charge in [0.1, 0.15) is 5.82 Å². The van der Waals surface area contributed by atoms with E-state index in [2.05, 4.69) is 0 Å². The van der Waals surface area contributed by atoms with Crippen molar-refractivity contribution in [2.45, 2.75) is 11.8 Å². The minimum atomic E-state index is -3.78. The van der Waals surface area contributed by atoms with E-state index in [1.54, 1.807) is 18.2 Å². The van der Waals surface area contributed by atoms with Gasteiger partial charge in [-0.1, -0.05) is 0 Å². The van der Waals surface area contributed by atoms with E-state index >= 15 is 0 Å². The number of ether oxygens (including phenoxy) is 2. The Morgan fingerprint density at radius 2 is 1.82 bits per heavy atom. The lowest BCUT2D eigenvalue weighted by molar-refractivity contribution is 0.174. The molecule has 1 aliphatic rings. The lowest BCUT2D eigenvalue weighted by Crippen LogP contribution is -2.26. The molecular weight excluding hydrogens is 309 g/mol. The average molecular weight is 323 g/mol. The zero-order valence-electron chi connectivity index (χ0n) is 12.0. The van der Waals surface area contributed by atoms with Gasteiger partial charge in [0.05, 0.1) is 10.6 Å². The van der Waals surface area contributed by atoms with Crippen LogP contribution in [0.25, 0.3) is 0 Å². The summed E-state index contributed by atoms with van der Waals surface area (Å²) in [6.07, 6.45) is 0. The zero-order chi connectivity index (χ0) is 15.9. The summed E-state index contributed by atoms with van der Waals surface area (Å²) in [5.41, 5.74) is 0.714. The highest BCUT2D eigenvalue weighted by Crippen LogP contribution is 2.36. The predicted octanol–water partition coefficient (Wildman–Crippen LogP) is 2.69. The van der Waals surface area contributed by atoms with Crippen molar-refractivity contribution >= 4 is 15.7 Å². The van der Waals surface area contributed by atoms with Crippen LogP contribution in [0.4, 0.5) is 10.1 Å². The van der Waals surface area contributed by atoms with Crippen LogP contribution in [0.3, 0.4) is 0 Å². The van der Waals surface area contributed by atoms with Crippen LogP contribution in [0.2, 0.25) is 0 Å². The second-order valence-corrected chi connectivity index (χ2v) is 6.89. The van der Waals surface area contributed by atoms with Crippen LogP contribution in [0.5, 0.6) is 11.5 Å². The maximum atomic E-state index is 13.3. The van der Waals surface area contributed by atoms with Crippen molar-refractivity contribution in [1.29, 1.82) is 0 Å². The molecule has 0 aliphatic carbocycles. The summed E-state index contributed by atoms with van der Waals surface area (Å²) in [6, 6.07) is 8.59. The Hall–Kier alpha value is -2.28. The third kappa shape index (κ3) is 2.37. The standard InChI is InChI=1S/C15H14FNO4S/c1-10-7-12(4-5-13(10)16)22(18,19)17(2)11-3-6-14-15(8-11)21-9-20-14/h3-8H,9H2,1-2H3. The first-order valence-corrected chi connectivity index (χ1v) is 7.98. The summed E-state index contributed by atoms with van der Waals surface area (Å²) < 4.78 is 50.2. The molecule has 2 aromatic carbocycles. The lowest BCUT2D eigenvalue weighted by atomic mass is 10.2. The molecule has 5 nitrogen and oxygen atoms in total. The maximum absolute atomic E-state index is 13.3. The number of anilines is 1. The number of hydrogen-bond acceptors (Lipinski definition) is 4. The first kappa shape index (κ1) is 14.6. The van der Waals surface area contributed by atoms with Gasteiger partial charge in [-0.15, -0.1) is 0 Å². The molecule has 0 unspecified atom stereocenters. The summed E-state index contributed by atoms with van der Waals surface area (Å²) in [7, 11) is -2.34. The maximum Gasteiger partial charge on any atom is 0.264 e. The Morgan fingerprint density at radius 3 is 2.55 bits per heavy atom. The first-order chi connectivity index (χ1) is 10.4. The van der Waals surface area contributed by atoms with Gasteiger partial charge in [0.2, 0.25) is 6.79 Å². The first-order valence-electron chi connectivity index (χ1n) is 6.54. The zero-order valence-corrected chi connectivity index (χ0v) is 12.9. The smallest absolute Gasteiger partial charge is 0.264 e. The highest BCUT2D eigenvalue weighted by molar-refractivity contribution is 7.92. The molecule has 0 saturated heterocycles. The van der Waals surface area contributed by atoms with Gasteiger partial charge in [-0.3, -0.25) is 4.31 Å². The topological polar surface area (TPSA) is 55.8 Å². The Kier molecular flexibility index (Phi) is 3.44. The third-order valence-electron chi connectivity index (χ3n) is 3.51. The molecule has 0 radical (unpaired) electrons. The van der Waals surface area contributed by atoms with Gasteiger partial charge in [-0.25, -0.2) is 12.8 Å². The summed E-state index contributed by atoms with van der Waals surface area (Å²) in [5.74, 6) is 0.631. The molecule has 0 spiro atoms. The van der Waals surface area contributed by atoms with Crippen molar-refractivity contribution < 1.29 is 22.3 Å². The Morgan fingerprint density at radius 1 is 1.09 bits per heavy atom. The Labute approximate surface area is 127 Å². The van der Waals surface area contributed by atoms with Gasteiger partial charge in [0, 0.05) is 13.1 Å². The van der Waals surface area contributed by atoms with Gasteiger partial charge in [0.15, 0.2) is 11.5 Å². The second-order valence-electron chi connectivity index (χ2n) is 4.92. The van der Waals surface area contributed by atoms with E-state index in [0.717, 1.165) is 10.4 Å². The number of fused-ring (bicyclic) bond motifs is 1. The van der Waals surface area contributed by atoms with Crippen LogP contribution in [-0.2, 0) is 10.0 Å². The summed E-state index contributed by atoms with van der Waals surface area (Å²) >= 11 is 0. The molecule has 0 N–H and O–H groups in total. The van der Waals surface area contributed by atoms with Crippen LogP contribution in [0, 0.1) is 12.7 Å². The monoisotopic (exact) mass is 323 g/mol. The molecule has 0 saturated carbocycles. The van der Waals surface area contributed by atoms with Crippen LogP contribution >= 0.6 is 0 Å². The average Bonchev–Trinajstić information content (AvgIpc) is 2.96. The summed E-state index contributed by atoms with van der Waals surface area (Å²) in [4.78, 5) is 0.0339. The largest absolute Gasteiger partial charge is 0.454 e. The normalized spacial score (nSPS) is 13.2. The Bertz CT molecular complexity index is 835. The number of aryl methyl sites for hydroxylation is 1. The van der Waals surface area contributed by atoms with Gasteiger partial charge in [-0.2, -0.15) is 0 Å². The van der Waals surface area contributed by atoms with Crippen molar-refractivity contribution in [3.05, 3.63) is 47.8 Å². The summed E-state index contributed by atoms with van der Waals surface area (Å²) in [5, 5.41) is 0. The molecule has 0 bridgehead atoms. The van der Waals surface area contributed by atoms with Gasteiger partial charge in [0.25, 0.3) is 10.0 Å². The van der Waals surface area contributed by atoms with E-state index in [1.165, 1.54) is 26.1 Å². The van der Waals surface area contributed by atoms with E-state index < -0.39 is 15.8 Å². The minimum absolute atomic E-state index is 0.0339. The van der Waals surface area contributed by atoms with E-state index in [1.807, 2.05) is 0 Å². The SMILES string of the molecule is Cc1cc(S(=O)(=O)N(C)c2ccc3c(c2)OCO3)ccc1F. The van der Waals surface area contributed by atoms with Crippen molar-refractivity contribution in [2.75, 3.05) is 18.1 Å². The molecule has 2 aromatic rings. The molecule has 0 fully saturated rings. The second kappa shape index (κ2) is 5.17. The summed E-state index contributed by atoms with van der Waals surface area (Å²) in [6.45, 7) is 1.64. The van der Waals surface area contributed by atoms with Crippen molar-refractivity contribution in [3.8, 4) is 11.5 Å². The van der Waals surface area contributed by atoms with Crippen molar-refractivity contribution in [1.82, 2.24) is 0 Å². The number of sulfonamides is 1. The molecule has 3 rings (SSSR count). The van der Waals surface area contributed by atoms with Crippen LogP contribution in [0.15, 0.2) is 41.3 Å². The fourth-order valence-corrected chi connectivity index (χ4v) is 3.43. The lowest BCUT2D eigenvalue weighted by Gasteiger charge is -2.20. The molecule has 1 heterocycles. The number of nitrogens with zero attached hydrogens (tertiary/aromatic N) is 1. The Balaban J connectivity index is 1.99. The number of benzene rings is 2. The molecule has 0 aromatic heterocycles. The van der Waals surface area contributed by atoms with Crippen LogP contribution in [-0.4, -0.2) is 22.3 Å². The molecule has 22 heavy (non-hydrogen) atoms. The molecule has 7 heteroatoms. The van der Waals surface area contributed by atoms with Crippen molar-refractivity contribution in [3.63, 3.8) is 0 Å². The van der Waals surface area contributed by atoms with Gasteiger partial charge >= 0.3 is 0 Å². The fraction of sp³-hybridized carbons (Fsp3) is 0.200. The van der Waals surface area contributed by atoms with Crippen molar-refractivity contribution in [2.24, 2.45) is 0 Å². The van der Waals surface area contributed by atoms with E-state index in [-0.39, 0.29) is 17.3 Å². The number of halogens is 1. The third-order valence-corrected chi connectivity index (χ3v) is 5.29. The predicted molar refractivity (Wildman–Crippen MR) is 79.3 cm³/mol. The molecule has 0 atom stereocenters. The van der Waals surface area contributed by atoms with Gasteiger partial charge in [-0.05, 0) is 42.8 Å². The molecule has 116 valence electrons. The van der Waals surface area contributed by atoms with Crippen LogP contribution in [0.1, 0.15) is 5.56 Å². The van der Waals surface area contributed by atoms with Crippen LogP contribution < -0.4 is 13.8 Å². The fourth-order valence-electron chi connectivity index (χ4n) is 2.16. The minimum Gasteiger partial charge on any atom is -0.454 e. The molecule has 1 aliphatic heterocycles. The van der Waals surface area contributed by atoms with Gasteiger partial charge < -0.3 is 9.47 Å². The highest BCUT2D eigenvalue weighted by Gasteiger charge is 2.24. The van der Waals surface area contributed by atoms with E-state index in [4.69, 9.17) is 9.47 Å². The highest BCUT2D eigenvalue weighted by atomic mass is 32.2. The van der Waals surface area contributed by atoms with E-state index in [9.17, 15) is 12.8 Å². The number of hydrogen-bond donors (Lipinski definition) is 0. The van der Waals surface area contributed by atoms with E-state index in [0.29, 0.717) is 17.2 Å².